The molecule has 2 amide bonds. The van der Waals surface area contributed by atoms with Gasteiger partial charge >= 0.3 is 0 Å². The molecule has 1 atom stereocenters. The molecule has 8 nitrogen and oxygen atoms in total. The standard InChI is InChI=1S/C23H31N5O3/c1-14(2)25-21(29)19-12-24-23(27(4)5)26-20(19)16-9-10-28(13-16)22(30)18-8-7-17(31-6)11-15(18)3/h7-8,11-12,14,16H,9-10,13H2,1-6H3,(H,25,29). The molecule has 1 aromatic heterocycles. The van der Waals surface area contributed by atoms with Gasteiger partial charge in [0, 0.05) is 50.9 Å². The maximum Gasteiger partial charge on any atom is 0.254 e. The lowest BCUT2D eigenvalue weighted by molar-refractivity contribution is 0.0790. The van der Waals surface area contributed by atoms with E-state index in [1.165, 1.54) is 0 Å². The molecule has 2 aromatic rings. The molecule has 0 aliphatic carbocycles. The number of aryl methyl sites for hydroxylation is 1. The lowest BCUT2D eigenvalue weighted by Crippen LogP contribution is -2.32. The summed E-state index contributed by atoms with van der Waals surface area (Å²) >= 11 is 0. The van der Waals surface area contributed by atoms with Gasteiger partial charge in [0.1, 0.15) is 5.75 Å². The molecular formula is C23H31N5O3. The fraction of sp³-hybridized carbons (Fsp3) is 0.478. The minimum Gasteiger partial charge on any atom is -0.497 e. The number of ether oxygens (including phenoxy) is 1. The number of carbonyl (C=O) groups excluding carboxylic acids is 2. The van der Waals surface area contributed by atoms with Crippen LogP contribution in [-0.4, -0.2) is 67.0 Å². The van der Waals surface area contributed by atoms with Gasteiger partial charge in [0.15, 0.2) is 0 Å². The molecule has 1 N–H and O–H groups in total. The van der Waals surface area contributed by atoms with Crippen LogP contribution in [0.1, 0.15) is 58.2 Å². The van der Waals surface area contributed by atoms with E-state index in [2.05, 4.69) is 15.3 Å². The summed E-state index contributed by atoms with van der Waals surface area (Å²) in [5.74, 6) is 1.04. The number of hydrogen-bond donors (Lipinski definition) is 1. The van der Waals surface area contributed by atoms with Gasteiger partial charge in [-0.2, -0.15) is 0 Å². The summed E-state index contributed by atoms with van der Waals surface area (Å²) in [6, 6.07) is 5.48. The van der Waals surface area contributed by atoms with E-state index in [1.807, 2.05) is 50.7 Å². The lowest BCUT2D eigenvalue weighted by atomic mass is 9.99. The minimum absolute atomic E-state index is 0.00794. The van der Waals surface area contributed by atoms with Crippen LogP contribution >= 0.6 is 0 Å². The van der Waals surface area contributed by atoms with Gasteiger partial charge in [0.25, 0.3) is 11.8 Å². The van der Waals surface area contributed by atoms with E-state index >= 15 is 0 Å². The van der Waals surface area contributed by atoms with Crippen molar-refractivity contribution in [2.24, 2.45) is 0 Å². The van der Waals surface area contributed by atoms with E-state index in [1.54, 1.807) is 25.4 Å². The highest BCUT2D eigenvalue weighted by molar-refractivity contribution is 5.97. The normalized spacial score (nSPS) is 15.8. The van der Waals surface area contributed by atoms with Crippen molar-refractivity contribution in [3.63, 3.8) is 0 Å². The van der Waals surface area contributed by atoms with Crippen molar-refractivity contribution in [1.29, 1.82) is 0 Å². The number of hydrogen-bond acceptors (Lipinski definition) is 6. The minimum atomic E-state index is -0.189. The molecule has 1 aliphatic rings. The Hall–Kier alpha value is -3.16. The van der Waals surface area contributed by atoms with Gasteiger partial charge in [-0.25, -0.2) is 9.97 Å². The number of aromatic nitrogens is 2. The van der Waals surface area contributed by atoms with Crippen molar-refractivity contribution in [3.8, 4) is 5.75 Å². The van der Waals surface area contributed by atoms with Crippen LogP contribution in [0.15, 0.2) is 24.4 Å². The Balaban J connectivity index is 1.86. The Kier molecular flexibility index (Phi) is 6.77. The third-order valence-electron chi connectivity index (χ3n) is 5.40. The SMILES string of the molecule is COc1ccc(C(=O)N2CCC(c3nc(N(C)C)ncc3C(=O)NC(C)C)C2)c(C)c1. The first-order chi connectivity index (χ1) is 14.7. The number of likely N-dealkylation sites (tertiary alicyclic amines) is 1. The molecule has 3 rings (SSSR count). The number of amides is 2. The molecule has 1 aliphatic heterocycles. The molecule has 31 heavy (non-hydrogen) atoms. The average molecular weight is 426 g/mol. The van der Waals surface area contributed by atoms with Crippen LogP contribution in [-0.2, 0) is 0 Å². The van der Waals surface area contributed by atoms with Crippen LogP contribution in [0.25, 0.3) is 0 Å². The van der Waals surface area contributed by atoms with E-state index in [-0.39, 0.29) is 23.8 Å². The smallest absolute Gasteiger partial charge is 0.254 e. The molecule has 0 bridgehead atoms. The second-order valence-electron chi connectivity index (χ2n) is 8.41. The molecule has 1 fully saturated rings. The number of carbonyl (C=O) groups is 2. The zero-order chi connectivity index (χ0) is 22.7. The zero-order valence-corrected chi connectivity index (χ0v) is 19.1. The first-order valence-corrected chi connectivity index (χ1v) is 10.5. The lowest BCUT2D eigenvalue weighted by Gasteiger charge is -2.20. The molecule has 166 valence electrons. The van der Waals surface area contributed by atoms with Gasteiger partial charge in [-0.1, -0.05) is 0 Å². The highest BCUT2D eigenvalue weighted by Crippen LogP contribution is 2.31. The summed E-state index contributed by atoms with van der Waals surface area (Å²) in [6.45, 7) is 6.86. The number of anilines is 1. The van der Waals surface area contributed by atoms with Crippen LogP contribution in [0.4, 0.5) is 5.95 Å². The highest BCUT2D eigenvalue weighted by Gasteiger charge is 2.32. The van der Waals surface area contributed by atoms with Gasteiger partial charge in [-0.15, -0.1) is 0 Å². The van der Waals surface area contributed by atoms with Crippen molar-refractivity contribution in [1.82, 2.24) is 20.2 Å². The fourth-order valence-electron chi connectivity index (χ4n) is 3.77. The van der Waals surface area contributed by atoms with Crippen molar-refractivity contribution in [3.05, 3.63) is 46.8 Å². The number of rotatable bonds is 6. The van der Waals surface area contributed by atoms with Crippen molar-refractivity contribution in [2.45, 2.75) is 39.2 Å². The van der Waals surface area contributed by atoms with Gasteiger partial charge in [0.05, 0.1) is 18.4 Å². The molecular weight excluding hydrogens is 394 g/mol. The first kappa shape index (κ1) is 22.5. The Morgan fingerprint density at radius 3 is 2.61 bits per heavy atom. The molecule has 2 heterocycles. The molecule has 0 radical (unpaired) electrons. The Bertz CT molecular complexity index is 974. The quantitative estimate of drug-likeness (QED) is 0.766. The predicted molar refractivity (Wildman–Crippen MR) is 120 cm³/mol. The summed E-state index contributed by atoms with van der Waals surface area (Å²) in [5.41, 5.74) is 2.70. The van der Waals surface area contributed by atoms with Crippen LogP contribution in [0.5, 0.6) is 5.75 Å². The molecule has 1 saturated heterocycles. The van der Waals surface area contributed by atoms with Gasteiger partial charge in [-0.3, -0.25) is 9.59 Å². The topological polar surface area (TPSA) is 87.7 Å². The summed E-state index contributed by atoms with van der Waals surface area (Å²) < 4.78 is 5.24. The average Bonchev–Trinajstić information content (AvgIpc) is 3.22. The van der Waals surface area contributed by atoms with E-state index < -0.39 is 0 Å². The monoisotopic (exact) mass is 425 g/mol. The summed E-state index contributed by atoms with van der Waals surface area (Å²) in [6.07, 6.45) is 2.33. The Morgan fingerprint density at radius 2 is 2.00 bits per heavy atom. The van der Waals surface area contributed by atoms with Crippen LogP contribution in [0.3, 0.4) is 0 Å². The van der Waals surface area contributed by atoms with E-state index in [9.17, 15) is 9.59 Å². The second-order valence-corrected chi connectivity index (χ2v) is 8.41. The van der Waals surface area contributed by atoms with Gasteiger partial charge in [-0.05, 0) is 51.0 Å². The predicted octanol–water partition coefficient (Wildman–Crippen LogP) is 2.63. The molecule has 0 saturated carbocycles. The Morgan fingerprint density at radius 1 is 1.26 bits per heavy atom. The molecule has 1 aromatic carbocycles. The number of nitrogens with zero attached hydrogens (tertiary/aromatic N) is 4. The summed E-state index contributed by atoms with van der Waals surface area (Å²) in [4.78, 5) is 38.6. The maximum absolute atomic E-state index is 13.1. The van der Waals surface area contributed by atoms with Crippen molar-refractivity contribution < 1.29 is 14.3 Å². The van der Waals surface area contributed by atoms with Gasteiger partial charge in [0.2, 0.25) is 5.95 Å². The largest absolute Gasteiger partial charge is 0.497 e. The number of nitrogens with one attached hydrogen (secondary N) is 1. The second kappa shape index (κ2) is 9.32. The molecule has 1 unspecified atom stereocenters. The van der Waals surface area contributed by atoms with Crippen molar-refractivity contribution in [2.75, 3.05) is 39.2 Å². The number of benzene rings is 1. The summed E-state index contributed by atoms with van der Waals surface area (Å²) in [5, 5.41) is 2.92. The third-order valence-corrected chi connectivity index (χ3v) is 5.40. The molecule has 8 heteroatoms. The van der Waals surface area contributed by atoms with Crippen LogP contribution in [0.2, 0.25) is 0 Å². The summed E-state index contributed by atoms with van der Waals surface area (Å²) in [7, 11) is 5.34. The van der Waals surface area contributed by atoms with E-state index in [0.717, 1.165) is 17.7 Å². The van der Waals surface area contributed by atoms with Crippen LogP contribution in [0, 0.1) is 6.92 Å². The van der Waals surface area contributed by atoms with Crippen molar-refractivity contribution >= 4 is 17.8 Å². The number of methoxy groups -OCH3 is 1. The van der Waals surface area contributed by atoms with Gasteiger partial charge < -0.3 is 19.9 Å². The highest BCUT2D eigenvalue weighted by atomic mass is 16.5. The fourth-order valence-corrected chi connectivity index (χ4v) is 3.77. The molecule has 0 spiro atoms. The maximum atomic E-state index is 13.1. The van der Waals surface area contributed by atoms with E-state index in [4.69, 9.17) is 4.74 Å². The zero-order valence-electron chi connectivity index (χ0n) is 19.1. The Labute approximate surface area is 183 Å². The van der Waals surface area contributed by atoms with E-state index in [0.29, 0.717) is 35.9 Å². The van der Waals surface area contributed by atoms with Crippen LogP contribution < -0.4 is 15.0 Å². The third kappa shape index (κ3) is 4.95. The first-order valence-electron chi connectivity index (χ1n) is 10.5.